The fourth-order valence-electron chi connectivity index (χ4n) is 10.5. The molecule has 3 aliphatic rings. The van der Waals surface area contributed by atoms with Crippen molar-refractivity contribution in [3.05, 3.63) is 119 Å². The Bertz CT molecular complexity index is 3300. The van der Waals surface area contributed by atoms with E-state index in [0.717, 1.165) is 5.56 Å². The molecule has 0 aromatic heterocycles. The number of benzene rings is 4. The normalized spacial score (nSPS) is 16.6. The SMILES string of the molecule is CCC(C)(C)C(=O)C(=O)N1CCCCC1C(=O)O[C@H](CCc1ccc(OC)c(OC)c1)c1cccc(NC(=O)CCC(=O)NCCCOCCOCCOCCCNC(=O)COc2cccc3c2C(=O)N([C@]2(C(=O)OCc4ccccc4)CCC(=O)NC2=O)C3=O)c1. The van der Waals surface area contributed by atoms with Crippen LogP contribution in [0.15, 0.2) is 91.0 Å². The Hall–Kier alpha value is -9.07. The van der Waals surface area contributed by atoms with Crippen LogP contribution in [0.25, 0.3) is 0 Å². The first-order valence-electron chi connectivity index (χ1n) is 30.9. The number of rotatable bonds is 36. The smallest absolute Gasteiger partial charge is 0.342 e. The summed E-state index contributed by atoms with van der Waals surface area (Å²) in [5.41, 5.74) is -1.28. The van der Waals surface area contributed by atoms with Crippen molar-refractivity contribution in [1.82, 2.24) is 25.8 Å². The molecule has 25 nitrogen and oxygen atoms in total. The van der Waals surface area contributed by atoms with Gasteiger partial charge in [-0.2, -0.15) is 0 Å². The molecular weight excluding hydrogens is 1190 g/mol. The molecule has 8 amide bonds. The van der Waals surface area contributed by atoms with E-state index >= 15 is 0 Å². The van der Waals surface area contributed by atoms with Gasteiger partial charge < -0.3 is 58.7 Å². The quantitative estimate of drug-likeness (QED) is 0.0140. The van der Waals surface area contributed by atoms with Crippen LogP contribution in [0.2, 0.25) is 0 Å². The van der Waals surface area contributed by atoms with Gasteiger partial charge in [0.2, 0.25) is 29.0 Å². The number of hydrogen-bond donors (Lipinski definition) is 4. The molecule has 0 radical (unpaired) electrons. The maximum absolute atomic E-state index is 14.1. The Morgan fingerprint density at radius 3 is 2.07 bits per heavy atom. The van der Waals surface area contributed by atoms with E-state index in [1.165, 1.54) is 23.1 Å². The molecule has 2 fully saturated rings. The number of ketones is 1. The number of nitrogens with zero attached hydrogens (tertiary/aromatic N) is 2. The Labute approximate surface area is 534 Å². The van der Waals surface area contributed by atoms with Crippen LogP contribution in [0.3, 0.4) is 0 Å². The fraction of sp³-hybridized carbons (Fsp3) is 0.478. The van der Waals surface area contributed by atoms with Crippen LogP contribution >= 0.6 is 0 Å². The van der Waals surface area contributed by atoms with Gasteiger partial charge in [-0.05, 0) is 111 Å². The number of carbonyl (C=O) groups excluding carboxylic acids is 11. The van der Waals surface area contributed by atoms with Crippen molar-refractivity contribution in [3.8, 4) is 17.2 Å². The summed E-state index contributed by atoms with van der Waals surface area (Å²) < 4.78 is 45.1. The number of hydrogen-bond acceptors (Lipinski definition) is 19. The number of ether oxygens (including phenoxy) is 8. The highest BCUT2D eigenvalue weighted by molar-refractivity contribution is 6.38. The van der Waals surface area contributed by atoms with Crippen molar-refractivity contribution in [1.29, 1.82) is 0 Å². The van der Waals surface area contributed by atoms with Gasteiger partial charge in [0.15, 0.2) is 18.1 Å². The minimum absolute atomic E-state index is 0.0605. The predicted octanol–water partition coefficient (Wildman–Crippen LogP) is 5.68. The Morgan fingerprint density at radius 2 is 1.38 bits per heavy atom. The highest BCUT2D eigenvalue weighted by Crippen LogP contribution is 2.40. The van der Waals surface area contributed by atoms with E-state index in [1.54, 1.807) is 88.7 Å². The second-order valence-corrected chi connectivity index (χ2v) is 22.9. The maximum Gasteiger partial charge on any atom is 0.342 e. The molecule has 2 saturated heterocycles. The zero-order valence-electron chi connectivity index (χ0n) is 52.7. The lowest BCUT2D eigenvalue weighted by Crippen LogP contribution is -2.68. The molecule has 3 atom stereocenters. The second-order valence-electron chi connectivity index (χ2n) is 22.9. The van der Waals surface area contributed by atoms with Gasteiger partial charge in [0.25, 0.3) is 29.5 Å². The number of likely N-dealkylation sites (tertiary alicyclic amines) is 1. The van der Waals surface area contributed by atoms with Crippen molar-refractivity contribution in [2.75, 3.05) is 85.4 Å². The predicted molar refractivity (Wildman–Crippen MR) is 331 cm³/mol. The van der Waals surface area contributed by atoms with E-state index in [4.69, 9.17) is 37.9 Å². The number of esters is 2. The number of carbonyl (C=O) groups is 11. The van der Waals surface area contributed by atoms with E-state index in [0.29, 0.717) is 124 Å². The molecule has 7 rings (SSSR count). The summed E-state index contributed by atoms with van der Waals surface area (Å²) in [5, 5.41) is 10.4. The van der Waals surface area contributed by atoms with Crippen LogP contribution in [0.5, 0.6) is 17.2 Å². The molecule has 1 unspecified atom stereocenters. The lowest BCUT2D eigenvalue weighted by molar-refractivity contribution is -0.165. The summed E-state index contributed by atoms with van der Waals surface area (Å²) in [5.74, 6) is -7.17. The van der Waals surface area contributed by atoms with Gasteiger partial charge in [0.05, 0.1) is 51.8 Å². The third-order valence-electron chi connectivity index (χ3n) is 16.1. The number of amides is 8. The molecule has 0 bridgehead atoms. The number of imide groups is 2. The minimum Gasteiger partial charge on any atom is -0.493 e. The average molecular weight is 1280 g/mol. The van der Waals surface area contributed by atoms with Crippen molar-refractivity contribution in [3.63, 3.8) is 0 Å². The molecule has 0 saturated carbocycles. The van der Waals surface area contributed by atoms with Crippen molar-refractivity contribution in [2.45, 2.75) is 122 Å². The molecule has 25 heteroatoms. The topological polar surface area (TPSA) is 316 Å². The van der Waals surface area contributed by atoms with Gasteiger partial charge in [0, 0.05) is 63.2 Å². The first-order chi connectivity index (χ1) is 44.3. The standard InChI is InChI=1S/C67H82N6O19/c1-6-66(2,3)59(78)62(81)72-33-11-10-21-49(72)63(82)92-50(25-23-44-24-26-51(85-4)53(40-44)86-5)46-18-12-19-47(41-46)70-55(75)28-27-54(74)68-31-14-34-87-36-38-89-39-37-88-35-15-32-69-57(77)43-90-52-22-13-20-48-58(52)61(80)73(60(48)79)67(30-29-56(76)71-64(67)83)65(84)91-42-45-16-8-7-9-17-45/h7-9,12-13,16-20,22,24,26,40-41,49-50H,6,10-11,14-15,21,23,25,27-39,42-43H2,1-5H3,(H,68,74)(H,69,77)(H,70,75)(H,71,76,83)/t49?,50-,67-/m1/s1. The summed E-state index contributed by atoms with van der Waals surface area (Å²) >= 11 is 0. The molecule has 4 aromatic rings. The number of fused-ring (bicyclic) bond motifs is 1. The van der Waals surface area contributed by atoms with E-state index in [-0.39, 0.29) is 68.3 Å². The number of aryl methyl sites for hydroxylation is 1. The first-order valence-corrected chi connectivity index (χ1v) is 30.9. The van der Waals surface area contributed by atoms with Crippen molar-refractivity contribution < 1.29 is 90.6 Å². The Morgan fingerprint density at radius 1 is 0.707 bits per heavy atom. The van der Waals surface area contributed by atoms with E-state index in [9.17, 15) is 52.7 Å². The number of anilines is 1. The minimum atomic E-state index is -2.48. The average Bonchev–Trinajstić information content (AvgIpc) is 1.53. The third-order valence-corrected chi connectivity index (χ3v) is 16.1. The zero-order valence-corrected chi connectivity index (χ0v) is 52.7. The number of methoxy groups -OCH3 is 2. The molecule has 0 aliphatic carbocycles. The summed E-state index contributed by atoms with van der Waals surface area (Å²) in [6.45, 7) is 7.16. The van der Waals surface area contributed by atoms with Gasteiger partial charge in [-0.1, -0.05) is 75.4 Å². The zero-order chi connectivity index (χ0) is 66.2. The fourth-order valence-corrected chi connectivity index (χ4v) is 10.5. The monoisotopic (exact) mass is 1270 g/mol. The van der Waals surface area contributed by atoms with Gasteiger partial charge in [0.1, 0.15) is 24.5 Å². The maximum atomic E-state index is 14.1. The van der Waals surface area contributed by atoms with Crippen molar-refractivity contribution >= 4 is 70.7 Å². The van der Waals surface area contributed by atoms with E-state index < -0.39 is 95.2 Å². The molecule has 0 spiro atoms. The summed E-state index contributed by atoms with van der Waals surface area (Å²) in [4.78, 5) is 148. The number of Topliss-reactive ketones (excluding diaryl/α,β-unsaturated/α-hetero) is 1. The van der Waals surface area contributed by atoms with Gasteiger partial charge in [-0.3, -0.25) is 48.5 Å². The number of piperidine rings is 2. The van der Waals surface area contributed by atoms with Crippen LogP contribution < -0.4 is 35.5 Å². The molecule has 4 aromatic carbocycles. The lowest BCUT2D eigenvalue weighted by atomic mass is 9.84. The van der Waals surface area contributed by atoms with Crippen LogP contribution in [-0.4, -0.2) is 166 Å². The van der Waals surface area contributed by atoms with Crippen LogP contribution in [0, 0.1) is 5.41 Å². The second kappa shape index (κ2) is 34.4. The van der Waals surface area contributed by atoms with Crippen LogP contribution in [-0.2, 0) is 79.9 Å². The van der Waals surface area contributed by atoms with Crippen LogP contribution in [0.1, 0.15) is 135 Å². The van der Waals surface area contributed by atoms with Gasteiger partial charge >= 0.3 is 11.9 Å². The highest BCUT2D eigenvalue weighted by atomic mass is 16.6. The molecule has 4 N–H and O–H groups in total. The van der Waals surface area contributed by atoms with E-state index in [2.05, 4.69) is 21.3 Å². The molecular formula is C67H82N6O19. The van der Waals surface area contributed by atoms with Crippen molar-refractivity contribution in [2.24, 2.45) is 5.41 Å². The molecule has 3 aliphatic heterocycles. The molecule has 494 valence electrons. The molecule has 3 heterocycles. The summed E-state index contributed by atoms with van der Waals surface area (Å²) in [6.07, 6.45) is 2.10. The lowest BCUT2D eigenvalue weighted by Gasteiger charge is -2.38. The largest absolute Gasteiger partial charge is 0.493 e. The third kappa shape index (κ3) is 18.8. The van der Waals surface area contributed by atoms with Gasteiger partial charge in [-0.25, -0.2) is 14.5 Å². The van der Waals surface area contributed by atoms with Gasteiger partial charge in [-0.15, -0.1) is 0 Å². The summed E-state index contributed by atoms with van der Waals surface area (Å²) in [6, 6.07) is 24.2. The number of nitrogens with one attached hydrogen (secondary N) is 4. The van der Waals surface area contributed by atoms with Crippen LogP contribution in [0.4, 0.5) is 5.69 Å². The Kier molecular flexibility index (Phi) is 26.3. The molecule has 92 heavy (non-hydrogen) atoms. The highest BCUT2D eigenvalue weighted by Gasteiger charge is 2.62. The van der Waals surface area contributed by atoms with E-state index in [1.807, 2.05) is 19.1 Å². The first kappa shape index (κ1) is 70.4. The Balaban J connectivity index is 0.747. The summed E-state index contributed by atoms with van der Waals surface area (Å²) in [7, 11) is 3.09.